The van der Waals surface area contributed by atoms with Crippen molar-refractivity contribution in [2.45, 2.75) is 19.3 Å². The van der Waals surface area contributed by atoms with Gasteiger partial charge < -0.3 is 5.32 Å². The van der Waals surface area contributed by atoms with Crippen molar-refractivity contribution in [1.29, 1.82) is 0 Å². The van der Waals surface area contributed by atoms with Gasteiger partial charge in [-0.1, -0.05) is 28.1 Å². The highest BCUT2D eigenvalue weighted by molar-refractivity contribution is 9.10. The summed E-state index contributed by atoms with van der Waals surface area (Å²) in [5.41, 5.74) is 1.00. The Morgan fingerprint density at radius 3 is 3.00 bits per heavy atom. The summed E-state index contributed by atoms with van der Waals surface area (Å²) in [6.45, 7) is 0.650. The summed E-state index contributed by atoms with van der Waals surface area (Å²) in [6, 6.07) is 7.74. The number of unbranched alkanes of at least 4 members (excludes halogenated alkanes) is 1. The third-order valence-electron chi connectivity index (χ3n) is 2.07. The predicted molar refractivity (Wildman–Crippen MR) is 68.9 cm³/mol. The molecule has 1 aromatic carbocycles. The summed E-state index contributed by atoms with van der Waals surface area (Å²) in [7, 11) is 0. The summed E-state index contributed by atoms with van der Waals surface area (Å²) in [5, 5.41) is 2.84. The first-order chi connectivity index (χ1) is 7.72. The molecule has 16 heavy (non-hydrogen) atoms. The Labute approximate surface area is 105 Å². The molecule has 0 spiro atoms. The summed E-state index contributed by atoms with van der Waals surface area (Å²) < 4.78 is 0.991. The molecule has 0 aliphatic heterocycles. The van der Waals surface area contributed by atoms with Gasteiger partial charge in [-0.05, 0) is 24.1 Å². The zero-order valence-corrected chi connectivity index (χ0v) is 10.6. The second-order valence-electron chi connectivity index (χ2n) is 3.46. The van der Waals surface area contributed by atoms with Crippen molar-refractivity contribution in [1.82, 2.24) is 5.32 Å². The quantitative estimate of drug-likeness (QED) is 0.651. The largest absolute Gasteiger partial charge is 0.356 e. The number of amides is 1. The first kappa shape index (κ1) is 12.8. The number of hydrogen-bond donors (Lipinski definition) is 1. The van der Waals surface area contributed by atoms with Crippen molar-refractivity contribution >= 4 is 21.8 Å². The number of halogens is 1. The van der Waals surface area contributed by atoms with E-state index < -0.39 is 0 Å². The van der Waals surface area contributed by atoms with Crippen molar-refractivity contribution in [2.24, 2.45) is 0 Å². The molecule has 0 aliphatic rings. The smallest absolute Gasteiger partial charge is 0.224 e. The second-order valence-corrected chi connectivity index (χ2v) is 4.38. The lowest BCUT2D eigenvalue weighted by Crippen LogP contribution is -2.25. The van der Waals surface area contributed by atoms with Crippen LogP contribution in [0.2, 0.25) is 0 Å². The van der Waals surface area contributed by atoms with Crippen LogP contribution in [-0.4, -0.2) is 12.5 Å². The molecule has 1 rings (SSSR count). The van der Waals surface area contributed by atoms with Crippen molar-refractivity contribution in [2.75, 3.05) is 6.54 Å². The Bertz CT molecular complexity index is 395. The van der Waals surface area contributed by atoms with Crippen LogP contribution < -0.4 is 5.32 Å². The molecule has 3 heteroatoms. The molecule has 1 amide bonds. The Hall–Kier alpha value is -1.27. The number of nitrogens with one attached hydrogen (secondary N) is 1. The Morgan fingerprint density at radius 1 is 1.50 bits per heavy atom. The van der Waals surface area contributed by atoms with E-state index in [1.165, 1.54) is 0 Å². The summed E-state index contributed by atoms with van der Waals surface area (Å²) >= 11 is 3.37. The van der Waals surface area contributed by atoms with Gasteiger partial charge >= 0.3 is 0 Å². The van der Waals surface area contributed by atoms with Crippen LogP contribution in [0.4, 0.5) is 0 Å². The van der Waals surface area contributed by atoms with E-state index in [1.807, 2.05) is 24.3 Å². The van der Waals surface area contributed by atoms with E-state index in [2.05, 4.69) is 27.2 Å². The zero-order chi connectivity index (χ0) is 11.8. The molecule has 0 aliphatic carbocycles. The van der Waals surface area contributed by atoms with Gasteiger partial charge in [-0.25, -0.2) is 0 Å². The normalized spacial score (nSPS) is 9.50. The van der Waals surface area contributed by atoms with E-state index in [-0.39, 0.29) is 5.91 Å². The summed E-state index contributed by atoms with van der Waals surface area (Å²) in [4.78, 5) is 11.5. The molecule has 1 N–H and O–H groups in total. The molecule has 0 heterocycles. The van der Waals surface area contributed by atoms with E-state index in [9.17, 15) is 4.79 Å². The van der Waals surface area contributed by atoms with Crippen LogP contribution in [0.3, 0.4) is 0 Å². The summed E-state index contributed by atoms with van der Waals surface area (Å²) in [6.07, 6.45) is 7.07. The summed E-state index contributed by atoms with van der Waals surface area (Å²) in [5.74, 6) is 2.58. The Balaban J connectivity index is 2.32. The average molecular weight is 280 g/mol. The number of hydrogen-bond acceptors (Lipinski definition) is 1. The lowest BCUT2D eigenvalue weighted by atomic mass is 10.1. The van der Waals surface area contributed by atoms with Crippen molar-refractivity contribution in [3.8, 4) is 12.3 Å². The Morgan fingerprint density at radius 2 is 2.31 bits per heavy atom. The third-order valence-corrected chi connectivity index (χ3v) is 2.57. The molecular formula is C13H14BrNO. The molecule has 0 saturated carbocycles. The molecule has 0 radical (unpaired) electrons. The number of carbonyl (C=O) groups is 1. The van der Waals surface area contributed by atoms with Gasteiger partial charge in [-0.2, -0.15) is 0 Å². The highest BCUT2D eigenvalue weighted by atomic mass is 79.9. The van der Waals surface area contributed by atoms with Crippen molar-refractivity contribution < 1.29 is 4.79 Å². The maximum Gasteiger partial charge on any atom is 0.224 e. The molecule has 0 fully saturated rings. The van der Waals surface area contributed by atoms with Crippen LogP contribution in [0, 0.1) is 12.3 Å². The van der Waals surface area contributed by atoms with Gasteiger partial charge in [-0.15, -0.1) is 12.3 Å². The molecule has 2 nitrogen and oxygen atoms in total. The topological polar surface area (TPSA) is 29.1 Å². The Kier molecular flexibility index (Phi) is 5.66. The first-order valence-electron chi connectivity index (χ1n) is 5.17. The lowest BCUT2D eigenvalue weighted by Gasteiger charge is -2.04. The maximum atomic E-state index is 11.5. The lowest BCUT2D eigenvalue weighted by molar-refractivity contribution is -0.120. The standard InChI is InChI=1S/C13H14BrNO/c1-2-3-4-8-15-13(16)10-11-6-5-7-12(14)9-11/h1,5-7,9H,3-4,8,10H2,(H,15,16). The minimum atomic E-state index is 0.0371. The number of rotatable bonds is 5. The molecule has 84 valence electrons. The van der Waals surface area contributed by atoms with Gasteiger partial charge in [0.15, 0.2) is 0 Å². The molecule has 0 bridgehead atoms. The number of terminal acetylenes is 1. The molecule has 0 atom stereocenters. The zero-order valence-electron chi connectivity index (χ0n) is 9.00. The molecule has 0 aromatic heterocycles. The van der Waals surface area contributed by atoms with Gasteiger partial charge in [0, 0.05) is 17.4 Å². The van der Waals surface area contributed by atoms with E-state index in [0.29, 0.717) is 19.4 Å². The fraction of sp³-hybridized carbons (Fsp3) is 0.308. The fourth-order valence-corrected chi connectivity index (χ4v) is 1.76. The highest BCUT2D eigenvalue weighted by Gasteiger charge is 2.02. The van der Waals surface area contributed by atoms with Gasteiger partial charge in [0.05, 0.1) is 6.42 Å². The maximum absolute atomic E-state index is 11.5. The van der Waals surface area contributed by atoms with Crippen LogP contribution in [0.25, 0.3) is 0 Å². The molecular weight excluding hydrogens is 266 g/mol. The minimum absolute atomic E-state index is 0.0371. The minimum Gasteiger partial charge on any atom is -0.356 e. The van der Waals surface area contributed by atoms with Crippen LogP contribution in [-0.2, 0) is 11.2 Å². The second kappa shape index (κ2) is 7.08. The average Bonchev–Trinajstić information content (AvgIpc) is 2.24. The third kappa shape index (κ3) is 4.99. The van der Waals surface area contributed by atoms with Crippen molar-refractivity contribution in [3.63, 3.8) is 0 Å². The first-order valence-corrected chi connectivity index (χ1v) is 5.96. The van der Waals surface area contributed by atoms with Crippen LogP contribution >= 0.6 is 15.9 Å². The van der Waals surface area contributed by atoms with Crippen molar-refractivity contribution in [3.05, 3.63) is 34.3 Å². The van der Waals surface area contributed by atoms with Crippen LogP contribution in [0.5, 0.6) is 0 Å². The fourth-order valence-electron chi connectivity index (χ4n) is 1.31. The molecule has 0 saturated heterocycles. The number of carbonyl (C=O) groups excluding carboxylic acids is 1. The van der Waals surface area contributed by atoms with E-state index in [0.717, 1.165) is 16.5 Å². The van der Waals surface area contributed by atoms with Gasteiger partial charge in [0.2, 0.25) is 5.91 Å². The molecule has 0 unspecified atom stereocenters. The van der Waals surface area contributed by atoms with Crippen LogP contribution in [0.1, 0.15) is 18.4 Å². The van der Waals surface area contributed by atoms with Gasteiger partial charge in [0.25, 0.3) is 0 Å². The number of benzene rings is 1. The predicted octanol–water partition coefficient (Wildman–Crippen LogP) is 2.52. The molecule has 1 aromatic rings. The highest BCUT2D eigenvalue weighted by Crippen LogP contribution is 2.11. The van der Waals surface area contributed by atoms with Gasteiger partial charge in [-0.3, -0.25) is 4.79 Å². The van der Waals surface area contributed by atoms with E-state index >= 15 is 0 Å². The monoisotopic (exact) mass is 279 g/mol. The van der Waals surface area contributed by atoms with Gasteiger partial charge in [0.1, 0.15) is 0 Å². The van der Waals surface area contributed by atoms with Crippen LogP contribution in [0.15, 0.2) is 28.7 Å². The van der Waals surface area contributed by atoms with E-state index in [1.54, 1.807) is 0 Å². The van der Waals surface area contributed by atoms with E-state index in [4.69, 9.17) is 6.42 Å². The SMILES string of the molecule is C#CCCCNC(=O)Cc1cccc(Br)c1.